The van der Waals surface area contributed by atoms with Gasteiger partial charge in [0.15, 0.2) is 0 Å². The van der Waals surface area contributed by atoms with Crippen LogP contribution >= 0.6 is 0 Å². The van der Waals surface area contributed by atoms with Crippen LogP contribution in [0.5, 0.6) is 0 Å². The summed E-state index contributed by atoms with van der Waals surface area (Å²) >= 11 is 0. The van der Waals surface area contributed by atoms with Gasteiger partial charge in [0.1, 0.15) is 11.5 Å². The van der Waals surface area contributed by atoms with E-state index in [0.717, 1.165) is 16.8 Å². The van der Waals surface area contributed by atoms with Gasteiger partial charge in [-0.05, 0) is 62.2 Å². The monoisotopic (exact) mass is 378 g/mol. The van der Waals surface area contributed by atoms with Crippen molar-refractivity contribution in [2.45, 2.75) is 27.3 Å². The first-order chi connectivity index (χ1) is 13.5. The minimum absolute atomic E-state index is 0.295. The fraction of sp³-hybridized carbons (Fsp3) is 0.227. The van der Waals surface area contributed by atoms with Crippen molar-refractivity contribution in [1.82, 2.24) is 15.3 Å². The van der Waals surface area contributed by atoms with E-state index in [1.54, 1.807) is 18.2 Å². The molecule has 3 aromatic rings. The molecule has 0 aliphatic rings. The predicted octanol–water partition coefficient (Wildman–Crippen LogP) is 4.32. The van der Waals surface area contributed by atoms with E-state index in [1.807, 2.05) is 43.9 Å². The second-order valence-electron chi connectivity index (χ2n) is 6.59. The van der Waals surface area contributed by atoms with Crippen LogP contribution < -0.4 is 10.2 Å². The third kappa shape index (κ3) is 4.71. The Labute approximate surface area is 164 Å². The molecule has 1 amide bonds. The Bertz CT molecular complexity index is 973. The number of rotatable bonds is 6. The van der Waals surface area contributed by atoms with E-state index in [1.165, 1.54) is 12.1 Å². The molecule has 0 spiro atoms. The third-order valence-corrected chi connectivity index (χ3v) is 4.31. The van der Waals surface area contributed by atoms with E-state index in [9.17, 15) is 9.18 Å². The number of anilines is 2. The van der Waals surface area contributed by atoms with Crippen LogP contribution in [0.4, 0.5) is 16.0 Å². The lowest BCUT2D eigenvalue weighted by Crippen LogP contribution is -2.26. The van der Waals surface area contributed by atoms with Crippen molar-refractivity contribution < 1.29 is 9.18 Å². The largest absolute Gasteiger partial charge is 0.347 e. The normalized spacial score (nSPS) is 10.6. The number of halogens is 1. The number of aryl methyl sites for hydroxylation is 2. The highest BCUT2D eigenvalue weighted by molar-refractivity contribution is 5.92. The minimum Gasteiger partial charge on any atom is -0.347 e. The molecule has 5 nitrogen and oxygen atoms in total. The molecule has 1 N–H and O–H groups in total. The lowest BCUT2D eigenvalue weighted by atomic mass is 10.2. The first-order valence-corrected chi connectivity index (χ1v) is 9.19. The van der Waals surface area contributed by atoms with Crippen LogP contribution in [0.25, 0.3) is 0 Å². The number of hydrogen-bond acceptors (Lipinski definition) is 4. The number of aromatic nitrogens is 2. The molecule has 0 saturated carbocycles. The molecule has 0 unspecified atom stereocenters. The van der Waals surface area contributed by atoms with Crippen molar-refractivity contribution in [1.29, 1.82) is 0 Å². The summed E-state index contributed by atoms with van der Waals surface area (Å²) in [7, 11) is 0. The Balaban J connectivity index is 1.81. The van der Waals surface area contributed by atoms with Gasteiger partial charge < -0.3 is 10.2 Å². The summed E-state index contributed by atoms with van der Waals surface area (Å²) in [5.41, 5.74) is 3.95. The van der Waals surface area contributed by atoms with E-state index < -0.39 is 0 Å². The SMILES string of the molecule is CCN(c1cccc(C)c1)c1nc(C)cc(C(=O)NCc2ccc(F)cc2)n1. The Kier molecular flexibility index (Phi) is 5.99. The molecule has 0 aliphatic carbocycles. The molecule has 2 aromatic carbocycles. The molecular formula is C22H23FN4O. The summed E-state index contributed by atoms with van der Waals surface area (Å²) < 4.78 is 13.0. The summed E-state index contributed by atoms with van der Waals surface area (Å²) in [5, 5.41) is 2.82. The van der Waals surface area contributed by atoms with Gasteiger partial charge in [-0.2, -0.15) is 0 Å². The maximum absolute atomic E-state index is 13.0. The molecular weight excluding hydrogens is 355 g/mol. The summed E-state index contributed by atoms with van der Waals surface area (Å²) in [6, 6.07) is 15.8. The molecule has 0 radical (unpaired) electrons. The van der Waals surface area contributed by atoms with Crippen LogP contribution in [0.1, 0.15) is 34.2 Å². The minimum atomic E-state index is -0.304. The molecule has 144 valence electrons. The van der Waals surface area contributed by atoms with Crippen LogP contribution in [0.2, 0.25) is 0 Å². The van der Waals surface area contributed by atoms with Crippen LogP contribution in [0, 0.1) is 19.7 Å². The Hall–Kier alpha value is -3.28. The van der Waals surface area contributed by atoms with E-state index in [-0.39, 0.29) is 11.7 Å². The second kappa shape index (κ2) is 8.61. The lowest BCUT2D eigenvalue weighted by molar-refractivity contribution is 0.0945. The van der Waals surface area contributed by atoms with E-state index in [0.29, 0.717) is 30.4 Å². The highest BCUT2D eigenvalue weighted by atomic mass is 19.1. The van der Waals surface area contributed by atoms with Crippen LogP contribution in [0.15, 0.2) is 54.6 Å². The van der Waals surface area contributed by atoms with Gasteiger partial charge >= 0.3 is 0 Å². The zero-order valence-electron chi connectivity index (χ0n) is 16.2. The quantitative estimate of drug-likeness (QED) is 0.694. The number of amides is 1. The van der Waals surface area contributed by atoms with Crippen molar-refractivity contribution in [3.05, 3.63) is 82.9 Å². The number of benzene rings is 2. The van der Waals surface area contributed by atoms with Gasteiger partial charge in [0.25, 0.3) is 5.91 Å². The number of carbonyl (C=O) groups is 1. The van der Waals surface area contributed by atoms with Crippen molar-refractivity contribution in [2.24, 2.45) is 0 Å². The number of nitrogens with zero attached hydrogens (tertiary/aromatic N) is 3. The fourth-order valence-corrected chi connectivity index (χ4v) is 2.90. The Morgan fingerprint density at radius 3 is 2.50 bits per heavy atom. The molecule has 0 atom stereocenters. The summed E-state index contributed by atoms with van der Waals surface area (Å²) in [6.07, 6.45) is 0. The van der Waals surface area contributed by atoms with Crippen LogP contribution in [0.3, 0.4) is 0 Å². The van der Waals surface area contributed by atoms with Crippen molar-refractivity contribution >= 4 is 17.5 Å². The van der Waals surface area contributed by atoms with E-state index >= 15 is 0 Å². The van der Waals surface area contributed by atoms with Gasteiger partial charge in [-0.25, -0.2) is 14.4 Å². The highest BCUT2D eigenvalue weighted by Gasteiger charge is 2.15. The topological polar surface area (TPSA) is 58.1 Å². The Morgan fingerprint density at radius 1 is 1.07 bits per heavy atom. The first kappa shape index (κ1) is 19.5. The maximum atomic E-state index is 13.0. The second-order valence-corrected chi connectivity index (χ2v) is 6.59. The number of carbonyl (C=O) groups excluding carboxylic acids is 1. The molecule has 0 bridgehead atoms. The molecule has 28 heavy (non-hydrogen) atoms. The zero-order chi connectivity index (χ0) is 20.1. The summed E-state index contributed by atoms with van der Waals surface area (Å²) in [6.45, 7) is 6.85. The highest BCUT2D eigenvalue weighted by Crippen LogP contribution is 2.23. The fourth-order valence-electron chi connectivity index (χ4n) is 2.90. The molecule has 0 fully saturated rings. The average Bonchev–Trinajstić information content (AvgIpc) is 2.67. The predicted molar refractivity (Wildman–Crippen MR) is 108 cm³/mol. The Morgan fingerprint density at radius 2 is 1.82 bits per heavy atom. The van der Waals surface area contributed by atoms with Gasteiger partial charge in [0.2, 0.25) is 5.95 Å². The van der Waals surface area contributed by atoms with Crippen molar-refractivity contribution in [3.8, 4) is 0 Å². The standard InChI is InChI=1S/C22H23FN4O/c1-4-27(19-7-5-6-15(2)12-19)22-25-16(3)13-20(26-22)21(28)24-14-17-8-10-18(23)11-9-17/h5-13H,4,14H2,1-3H3,(H,24,28). The van der Waals surface area contributed by atoms with Crippen LogP contribution in [-0.4, -0.2) is 22.4 Å². The van der Waals surface area contributed by atoms with Gasteiger partial charge in [0, 0.05) is 24.5 Å². The lowest BCUT2D eigenvalue weighted by Gasteiger charge is -2.22. The van der Waals surface area contributed by atoms with Crippen molar-refractivity contribution in [3.63, 3.8) is 0 Å². The van der Waals surface area contributed by atoms with E-state index in [4.69, 9.17) is 0 Å². The molecule has 6 heteroatoms. The van der Waals surface area contributed by atoms with Gasteiger partial charge in [-0.1, -0.05) is 24.3 Å². The molecule has 0 saturated heterocycles. The van der Waals surface area contributed by atoms with Gasteiger partial charge in [-0.3, -0.25) is 4.79 Å². The summed E-state index contributed by atoms with van der Waals surface area (Å²) in [4.78, 5) is 23.6. The number of nitrogens with one attached hydrogen (secondary N) is 1. The molecule has 0 aliphatic heterocycles. The van der Waals surface area contributed by atoms with Gasteiger partial charge in [-0.15, -0.1) is 0 Å². The average molecular weight is 378 g/mol. The molecule has 1 aromatic heterocycles. The number of hydrogen-bond donors (Lipinski definition) is 1. The smallest absolute Gasteiger partial charge is 0.270 e. The van der Waals surface area contributed by atoms with E-state index in [2.05, 4.69) is 21.4 Å². The first-order valence-electron chi connectivity index (χ1n) is 9.19. The third-order valence-electron chi connectivity index (χ3n) is 4.31. The summed E-state index contributed by atoms with van der Waals surface area (Å²) in [5.74, 6) is -0.113. The maximum Gasteiger partial charge on any atom is 0.270 e. The van der Waals surface area contributed by atoms with Crippen molar-refractivity contribution in [2.75, 3.05) is 11.4 Å². The molecule has 3 rings (SSSR count). The molecule has 1 heterocycles. The van der Waals surface area contributed by atoms with Gasteiger partial charge in [0.05, 0.1) is 0 Å². The van der Waals surface area contributed by atoms with Crippen LogP contribution in [-0.2, 0) is 6.54 Å². The zero-order valence-corrected chi connectivity index (χ0v) is 16.2.